The molecule has 2 aromatic rings. The monoisotopic (exact) mass is 318 g/mol. The van der Waals surface area contributed by atoms with Crippen LogP contribution in [0.4, 0.5) is 11.4 Å². The first-order chi connectivity index (χ1) is 10.4. The third kappa shape index (κ3) is 4.08. The Labute approximate surface area is 130 Å². The molecule has 0 atom stereocenters. The Morgan fingerprint density at radius 3 is 2.36 bits per heavy atom. The van der Waals surface area contributed by atoms with Gasteiger partial charge in [0.1, 0.15) is 0 Å². The summed E-state index contributed by atoms with van der Waals surface area (Å²) >= 11 is 0. The Morgan fingerprint density at radius 2 is 1.77 bits per heavy atom. The van der Waals surface area contributed by atoms with Gasteiger partial charge in [0.15, 0.2) is 0 Å². The molecule has 0 fully saturated rings. The summed E-state index contributed by atoms with van der Waals surface area (Å²) in [6.45, 7) is 2.41. The van der Waals surface area contributed by atoms with E-state index in [4.69, 9.17) is 0 Å². The maximum absolute atomic E-state index is 12.6. The summed E-state index contributed by atoms with van der Waals surface area (Å²) in [7, 11) is -3.37. The fourth-order valence-electron chi connectivity index (χ4n) is 2.14. The molecule has 0 radical (unpaired) electrons. The van der Waals surface area contributed by atoms with Crippen molar-refractivity contribution in [2.45, 2.75) is 6.92 Å². The van der Waals surface area contributed by atoms with Crippen molar-refractivity contribution in [2.24, 2.45) is 0 Å². The van der Waals surface area contributed by atoms with Gasteiger partial charge in [0, 0.05) is 23.5 Å². The molecule has 22 heavy (non-hydrogen) atoms. The van der Waals surface area contributed by atoms with E-state index in [9.17, 15) is 13.2 Å². The Morgan fingerprint density at radius 1 is 1.09 bits per heavy atom. The van der Waals surface area contributed by atoms with Crippen molar-refractivity contribution in [2.75, 3.05) is 22.4 Å². The van der Waals surface area contributed by atoms with Gasteiger partial charge >= 0.3 is 0 Å². The zero-order chi connectivity index (χ0) is 16.2. The fourth-order valence-corrected chi connectivity index (χ4v) is 2.69. The van der Waals surface area contributed by atoms with E-state index in [0.29, 0.717) is 17.8 Å². The number of nitrogens with zero attached hydrogens (tertiary/aromatic N) is 1. The van der Waals surface area contributed by atoms with E-state index in [1.807, 2.05) is 37.3 Å². The highest BCUT2D eigenvalue weighted by atomic mass is 32.2. The molecule has 0 spiro atoms. The lowest BCUT2D eigenvalue weighted by Crippen LogP contribution is -2.30. The second kappa shape index (κ2) is 6.62. The number of carbonyl (C=O) groups excluding carboxylic acids is 1. The highest BCUT2D eigenvalue weighted by molar-refractivity contribution is 7.92. The smallest absolute Gasteiger partial charge is 0.258 e. The summed E-state index contributed by atoms with van der Waals surface area (Å²) in [4.78, 5) is 14.3. The Kier molecular flexibility index (Phi) is 4.82. The Hall–Kier alpha value is -2.34. The van der Waals surface area contributed by atoms with Crippen LogP contribution in [0.2, 0.25) is 0 Å². The van der Waals surface area contributed by atoms with Gasteiger partial charge in [-0.15, -0.1) is 0 Å². The average Bonchev–Trinajstić information content (AvgIpc) is 2.47. The van der Waals surface area contributed by atoms with E-state index in [0.717, 1.165) is 11.9 Å². The molecule has 0 bridgehead atoms. The molecule has 0 saturated heterocycles. The average molecular weight is 318 g/mol. The molecule has 1 N–H and O–H groups in total. The summed E-state index contributed by atoms with van der Waals surface area (Å²) in [6.07, 6.45) is 1.07. The highest BCUT2D eigenvalue weighted by Gasteiger charge is 2.16. The number of benzene rings is 2. The number of nitrogens with one attached hydrogen (secondary N) is 1. The quantitative estimate of drug-likeness (QED) is 0.922. The number of hydrogen-bond donors (Lipinski definition) is 1. The summed E-state index contributed by atoms with van der Waals surface area (Å²) in [5, 5.41) is 0. The predicted molar refractivity (Wildman–Crippen MR) is 88.7 cm³/mol. The summed E-state index contributed by atoms with van der Waals surface area (Å²) in [5.74, 6) is -0.175. The molecular weight excluding hydrogens is 300 g/mol. The molecule has 0 aliphatic rings. The SMILES string of the molecule is CCN(C(=O)c1cccc(NS(C)(=O)=O)c1)c1ccccc1. The Balaban J connectivity index is 2.30. The number of rotatable bonds is 5. The van der Waals surface area contributed by atoms with Crippen molar-refractivity contribution >= 4 is 27.3 Å². The van der Waals surface area contributed by atoms with Crippen LogP contribution in [0.25, 0.3) is 0 Å². The first-order valence-corrected chi connectivity index (χ1v) is 8.74. The highest BCUT2D eigenvalue weighted by Crippen LogP contribution is 2.19. The molecule has 6 heteroatoms. The van der Waals surface area contributed by atoms with Crippen LogP contribution in [-0.4, -0.2) is 27.1 Å². The third-order valence-corrected chi connectivity index (χ3v) is 3.65. The van der Waals surface area contributed by atoms with Crippen LogP contribution in [-0.2, 0) is 10.0 Å². The first-order valence-electron chi connectivity index (χ1n) is 6.85. The number of anilines is 2. The van der Waals surface area contributed by atoms with Crippen LogP contribution >= 0.6 is 0 Å². The molecule has 0 saturated carbocycles. The Bertz CT molecular complexity index is 758. The largest absolute Gasteiger partial charge is 0.309 e. The molecule has 0 unspecified atom stereocenters. The fraction of sp³-hybridized carbons (Fsp3) is 0.188. The van der Waals surface area contributed by atoms with Crippen molar-refractivity contribution in [1.29, 1.82) is 0 Å². The van der Waals surface area contributed by atoms with Gasteiger partial charge < -0.3 is 4.90 Å². The van der Waals surface area contributed by atoms with Gasteiger partial charge in [0.25, 0.3) is 5.91 Å². The number of amides is 1. The topological polar surface area (TPSA) is 66.5 Å². The number of para-hydroxylation sites is 1. The summed E-state index contributed by atoms with van der Waals surface area (Å²) in [5.41, 5.74) is 1.60. The van der Waals surface area contributed by atoms with E-state index in [-0.39, 0.29) is 5.91 Å². The lowest BCUT2D eigenvalue weighted by molar-refractivity contribution is 0.0988. The maximum atomic E-state index is 12.6. The number of sulfonamides is 1. The molecule has 0 aliphatic carbocycles. The minimum Gasteiger partial charge on any atom is -0.309 e. The molecular formula is C16H18N2O3S. The molecule has 0 heterocycles. The molecule has 0 aliphatic heterocycles. The van der Waals surface area contributed by atoms with Gasteiger partial charge in [-0.25, -0.2) is 8.42 Å². The van der Waals surface area contributed by atoms with Crippen molar-refractivity contribution in [3.8, 4) is 0 Å². The lowest BCUT2D eigenvalue weighted by Gasteiger charge is -2.21. The van der Waals surface area contributed by atoms with Crippen LogP contribution in [0.5, 0.6) is 0 Å². The van der Waals surface area contributed by atoms with E-state index < -0.39 is 10.0 Å². The van der Waals surface area contributed by atoms with Crippen molar-refractivity contribution in [1.82, 2.24) is 0 Å². The summed E-state index contributed by atoms with van der Waals surface area (Å²) in [6, 6.07) is 15.8. The minimum atomic E-state index is -3.37. The third-order valence-electron chi connectivity index (χ3n) is 3.04. The van der Waals surface area contributed by atoms with Gasteiger partial charge in [-0.3, -0.25) is 9.52 Å². The second-order valence-electron chi connectivity index (χ2n) is 4.84. The first kappa shape index (κ1) is 16.0. The van der Waals surface area contributed by atoms with Crippen molar-refractivity contribution in [3.05, 3.63) is 60.2 Å². The zero-order valence-electron chi connectivity index (χ0n) is 12.5. The van der Waals surface area contributed by atoms with Crippen LogP contribution in [0.3, 0.4) is 0 Å². The standard InChI is InChI=1S/C16H18N2O3S/c1-3-18(15-10-5-4-6-11-15)16(19)13-8-7-9-14(12-13)17-22(2,20)21/h4-12,17H,3H2,1-2H3. The van der Waals surface area contributed by atoms with Crippen LogP contribution in [0.15, 0.2) is 54.6 Å². The lowest BCUT2D eigenvalue weighted by atomic mass is 10.1. The molecule has 1 amide bonds. The van der Waals surface area contributed by atoms with E-state index >= 15 is 0 Å². The number of carbonyl (C=O) groups is 1. The van der Waals surface area contributed by atoms with E-state index in [2.05, 4.69) is 4.72 Å². The zero-order valence-corrected chi connectivity index (χ0v) is 13.3. The second-order valence-corrected chi connectivity index (χ2v) is 6.59. The van der Waals surface area contributed by atoms with Gasteiger partial charge in [-0.2, -0.15) is 0 Å². The minimum absolute atomic E-state index is 0.175. The van der Waals surface area contributed by atoms with Crippen LogP contribution in [0.1, 0.15) is 17.3 Å². The van der Waals surface area contributed by atoms with E-state index in [1.54, 1.807) is 23.1 Å². The van der Waals surface area contributed by atoms with E-state index in [1.165, 1.54) is 6.07 Å². The van der Waals surface area contributed by atoms with Crippen molar-refractivity contribution in [3.63, 3.8) is 0 Å². The summed E-state index contributed by atoms with van der Waals surface area (Å²) < 4.78 is 24.9. The molecule has 2 aromatic carbocycles. The molecule has 2 rings (SSSR count). The van der Waals surface area contributed by atoms with Crippen LogP contribution in [0, 0.1) is 0 Å². The molecule has 5 nitrogen and oxygen atoms in total. The van der Waals surface area contributed by atoms with Crippen molar-refractivity contribution < 1.29 is 13.2 Å². The molecule has 0 aromatic heterocycles. The maximum Gasteiger partial charge on any atom is 0.258 e. The van der Waals surface area contributed by atoms with Crippen LogP contribution < -0.4 is 9.62 Å². The molecule has 116 valence electrons. The van der Waals surface area contributed by atoms with Gasteiger partial charge in [-0.1, -0.05) is 24.3 Å². The number of hydrogen-bond acceptors (Lipinski definition) is 3. The van der Waals surface area contributed by atoms with Gasteiger partial charge in [-0.05, 0) is 37.3 Å². The van der Waals surface area contributed by atoms with Gasteiger partial charge in [0.2, 0.25) is 10.0 Å². The normalized spacial score (nSPS) is 11.0. The predicted octanol–water partition coefficient (Wildman–Crippen LogP) is 2.72. The van der Waals surface area contributed by atoms with Gasteiger partial charge in [0.05, 0.1) is 6.26 Å².